The molecule has 0 aliphatic heterocycles. The molecule has 1 aromatic rings. The Morgan fingerprint density at radius 1 is 1.25 bits per heavy atom. The van der Waals surface area contributed by atoms with E-state index in [9.17, 15) is 0 Å². The molecule has 0 aliphatic carbocycles. The third-order valence-corrected chi connectivity index (χ3v) is 1.70. The van der Waals surface area contributed by atoms with Crippen molar-refractivity contribution in [1.82, 2.24) is 4.90 Å². The lowest BCUT2D eigenvalue weighted by Crippen LogP contribution is -2.20. The van der Waals surface area contributed by atoms with Crippen LogP contribution in [0, 0.1) is 0 Å². The lowest BCUT2D eigenvalue weighted by molar-refractivity contribution is 0.440. The first-order valence-electron chi connectivity index (χ1n) is 3.82. The Hall–Kier alpha value is -0.730. The van der Waals surface area contributed by atoms with E-state index in [4.69, 9.17) is 11.6 Å². The number of hydrogen-bond donors (Lipinski definition) is 1. The molecule has 0 saturated carbocycles. The van der Waals surface area contributed by atoms with Gasteiger partial charge in [-0.1, -0.05) is 11.6 Å². The molecule has 0 spiro atoms. The van der Waals surface area contributed by atoms with E-state index in [2.05, 4.69) is 10.2 Å². The van der Waals surface area contributed by atoms with E-state index in [0.717, 1.165) is 17.4 Å². The van der Waals surface area contributed by atoms with Crippen LogP contribution in [-0.2, 0) is 0 Å². The summed E-state index contributed by atoms with van der Waals surface area (Å²) >= 11 is 5.74. The van der Waals surface area contributed by atoms with Gasteiger partial charge in [0.05, 0.1) is 6.67 Å². The van der Waals surface area contributed by atoms with E-state index < -0.39 is 0 Å². The number of benzene rings is 1. The zero-order valence-electron chi connectivity index (χ0n) is 7.34. The highest BCUT2D eigenvalue weighted by Gasteiger charge is 1.91. The molecule has 0 saturated heterocycles. The van der Waals surface area contributed by atoms with Crippen molar-refractivity contribution in [2.24, 2.45) is 0 Å². The van der Waals surface area contributed by atoms with Crippen LogP contribution >= 0.6 is 11.6 Å². The lowest BCUT2D eigenvalue weighted by Gasteiger charge is -2.11. The van der Waals surface area contributed by atoms with Crippen LogP contribution in [0.5, 0.6) is 0 Å². The molecular weight excluding hydrogens is 172 g/mol. The van der Waals surface area contributed by atoms with Crippen LogP contribution in [0.2, 0.25) is 5.02 Å². The average molecular weight is 185 g/mol. The van der Waals surface area contributed by atoms with Crippen LogP contribution in [-0.4, -0.2) is 25.7 Å². The molecule has 0 bridgehead atoms. The van der Waals surface area contributed by atoms with E-state index in [0.29, 0.717) is 0 Å². The van der Waals surface area contributed by atoms with E-state index in [1.807, 2.05) is 38.4 Å². The van der Waals surface area contributed by atoms with Crippen LogP contribution in [0.3, 0.4) is 0 Å². The SMILES string of the molecule is CN(C)CNc1ccc(Cl)cc1. The third-order valence-electron chi connectivity index (χ3n) is 1.44. The van der Waals surface area contributed by atoms with Gasteiger partial charge in [0.25, 0.3) is 0 Å². The Morgan fingerprint density at radius 3 is 2.33 bits per heavy atom. The van der Waals surface area contributed by atoms with Gasteiger partial charge in [0.1, 0.15) is 0 Å². The molecule has 66 valence electrons. The highest BCUT2D eigenvalue weighted by atomic mass is 35.5. The first kappa shape index (κ1) is 9.36. The molecule has 1 aromatic carbocycles. The first-order chi connectivity index (χ1) is 5.68. The molecule has 0 unspecified atom stereocenters. The van der Waals surface area contributed by atoms with Gasteiger partial charge in [-0.15, -0.1) is 0 Å². The minimum absolute atomic E-state index is 0.769. The summed E-state index contributed by atoms with van der Waals surface area (Å²) < 4.78 is 0. The number of halogens is 1. The van der Waals surface area contributed by atoms with Crippen LogP contribution < -0.4 is 5.32 Å². The fraction of sp³-hybridized carbons (Fsp3) is 0.333. The molecule has 0 amide bonds. The smallest absolute Gasteiger partial charge is 0.0673 e. The third kappa shape index (κ3) is 3.11. The summed E-state index contributed by atoms with van der Waals surface area (Å²) in [5, 5.41) is 4.01. The van der Waals surface area contributed by atoms with Crippen LogP contribution in [0.4, 0.5) is 5.69 Å². The second-order valence-electron chi connectivity index (χ2n) is 2.92. The fourth-order valence-corrected chi connectivity index (χ4v) is 0.943. The van der Waals surface area contributed by atoms with Crippen LogP contribution in [0.1, 0.15) is 0 Å². The number of nitrogens with one attached hydrogen (secondary N) is 1. The maximum Gasteiger partial charge on any atom is 0.0673 e. The topological polar surface area (TPSA) is 15.3 Å². The number of rotatable bonds is 3. The summed E-state index contributed by atoms with van der Waals surface area (Å²) in [6.45, 7) is 0.835. The van der Waals surface area contributed by atoms with Crippen LogP contribution in [0.25, 0.3) is 0 Å². The minimum atomic E-state index is 0.769. The van der Waals surface area contributed by atoms with Gasteiger partial charge in [-0.3, -0.25) is 4.90 Å². The molecule has 1 rings (SSSR count). The van der Waals surface area contributed by atoms with Gasteiger partial charge in [0, 0.05) is 10.7 Å². The zero-order valence-corrected chi connectivity index (χ0v) is 8.10. The Labute approximate surface area is 78.1 Å². The lowest BCUT2D eigenvalue weighted by atomic mass is 10.3. The number of hydrogen-bond acceptors (Lipinski definition) is 2. The Morgan fingerprint density at radius 2 is 1.83 bits per heavy atom. The zero-order chi connectivity index (χ0) is 8.97. The van der Waals surface area contributed by atoms with Crippen molar-refractivity contribution >= 4 is 17.3 Å². The van der Waals surface area contributed by atoms with E-state index in [1.54, 1.807) is 0 Å². The van der Waals surface area contributed by atoms with Crippen molar-refractivity contribution < 1.29 is 0 Å². The molecule has 1 N–H and O–H groups in total. The largest absolute Gasteiger partial charge is 0.372 e. The molecule has 0 heterocycles. The molecule has 12 heavy (non-hydrogen) atoms. The van der Waals surface area contributed by atoms with Crippen molar-refractivity contribution in [3.05, 3.63) is 29.3 Å². The average Bonchev–Trinajstić information content (AvgIpc) is 2.03. The monoisotopic (exact) mass is 184 g/mol. The summed E-state index contributed by atoms with van der Waals surface area (Å²) in [4.78, 5) is 2.06. The summed E-state index contributed by atoms with van der Waals surface area (Å²) in [5.41, 5.74) is 1.09. The maximum absolute atomic E-state index is 5.74. The summed E-state index contributed by atoms with van der Waals surface area (Å²) in [6.07, 6.45) is 0. The Bertz CT molecular complexity index is 231. The molecule has 3 heteroatoms. The molecule has 0 aromatic heterocycles. The minimum Gasteiger partial charge on any atom is -0.372 e. The van der Waals surface area contributed by atoms with E-state index in [-0.39, 0.29) is 0 Å². The highest BCUT2D eigenvalue weighted by molar-refractivity contribution is 6.30. The van der Waals surface area contributed by atoms with Crippen molar-refractivity contribution in [1.29, 1.82) is 0 Å². The predicted octanol–water partition coefficient (Wildman–Crippen LogP) is 2.27. The maximum atomic E-state index is 5.74. The van der Waals surface area contributed by atoms with Gasteiger partial charge >= 0.3 is 0 Å². The van der Waals surface area contributed by atoms with Crippen molar-refractivity contribution in [2.75, 3.05) is 26.1 Å². The summed E-state index contributed by atoms with van der Waals surface area (Å²) in [6, 6.07) is 7.68. The molecule has 0 radical (unpaired) electrons. The van der Waals surface area contributed by atoms with Gasteiger partial charge in [-0.05, 0) is 38.4 Å². The fourth-order valence-electron chi connectivity index (χ4n) is 0.817. The van der Waals surface area contributed by atoms with Crippen molar-refractivity contribution in [3.63, 3.8) is 0 Å². The van der Waals surface area contributed by atoms with Gasteiger partial charge in [0.2, 0.25) is 0 Å². The van der Waals surface area contributed by atoms with Gasteiger partial charge in [-0.2, -0.15) is 0 Å². The Kier molecular flexibility index (Phi) is 3.38. The quantitative estimate of drug-likeness (QED) is 0.726. The van der Waals surface area contributed by atoms with Crippen molar-refractivity contribution in [2.45, 2.75) is 0 Å². The second-order valence-corrected chi connectivity index (χ2v) is 3.36. The highest BCUT2D eigenvalue weighted by Crippen LogP contribution is 2.12. The second kappa shape index (κ2) is 4.33. The molecular formula is C9H13ClN2. The number of anilines is 1. The van der Waals surface area contributed by atoms with Crippen molar-refractivity contribution in [3.8, 4) is 0 Å². The van der Waals surface area contributed by atoms with Gasteiger partial charge < -0.3 is 5.32 Å². The van der Waals surface area contributed by atoms with E-state index in [1.165, 1.54) is 0 Å². The molecule has 0 atom stereocenters. The molecule has 0 fully saturated rings. The summed E-state index contributed by atoms with van der Waals surface area (Å²) in [7, 11) is 4.03. The molecule has 0 aliphatic rings. The van der Waals surface area contributed by atoms with Gasteiger partial charge in [-0.25, -0.2) is 0 Å². The first-order valence-corrected chi connectivity index (χ1v) is 4.20. The predicted molar refractivity (Wildman–Crippen MR) is 53.6 cm³/mol. The summed E-state index contributed by atoms with van der Waals surface area (Å²) in [5.74, 6) is 0. The Balaban J connectivity index is 2.48. The normalized spacial score (nSPS) is 10.3. The molecule has 2 nitrogen and oxygen atoms in total. The standard InChI is InChI=1S/C9H13ClN2/c1-12(2)7-11-9-5-3-8(10)4-6-9/h3-6,11H,7H2,1-2H3. The number of nitrogens with zero attached hydrogens (tertiary/aromatic N) is 1. The van der Waals surface area contributed by atoms with Gasteiger partial charge in [0.15, 0.2) is 0 Å². The van der Waals surface area contributed by atoms with Crippen LogP contribution in [0.15, 0.2) is 24.3 Å². The van der Waals surface area contributed by atoms with E-state index >= 15 is 0 Å².